The predicted molar refractivity (Wildman–Crippen MR) is 125 cm³/mol. The predicted octanol–water partition coefficient (Wildman–Crippen LogP) is 2.54. The van der Waals surface area contributed by atoms with Crippen LogP contribution in [0.2, 0.25) is 0 Å². The first kappa shape index (κ1) is 22.4. The van der Waals surface area contributed by atoms with Gasteiger partial charge >= 0.3 is 0 Å². The normalized spacial score (nSPS) is 15.0. The van der Waals surface area contributed by atoms with E-state index < -0.39 is 0 Å². The molecule has 0 aromatic carbocycles. The van der Waals surface area contributed by atoms with E-state index in [1.807, 2.05) is 61.1 Å². The summed E-state index contributed by atoms with van der Waals surface area (Å²) in [4.78, 5) is 22.8. The van der Waals surface area contributed by atoms with E-state index in [0.717, 1.165) is 34.0 Å². The molecule has 0 fully saturated rings. The summed E-state index contributed by atoms with van der Waals surface area (Å²) in [6.07, 6.45) is 5.62. The van der Waals surface area contributed by atoms with Crippen molar-refractivity contribution in [2.24, 2.45) is 0 Å². The van der Waals surface area contributed by atoms with E-state index in [-0.39, 0.29) is 25.4 Å². The fourth-order valence-electron chi connectivity index (χ4n) is 3.38. The Morgan fingerprint density at radius 1 is 1.26 bits per heavy atom. The largest absolute Gasteiger partial charge is 0.481 e. The number of likely N-dealkylation sites (N-methyl/N-ethyl adjacent to an activating group) is 1. The van der Waals surface area contributed by atoms with Gasteiger partial charge in [0.15, 0.2) is 0 Å². The third-order valence-corrected chi connectivity index (χ3v) is 5.28. The molecule has 0 unspecified atom stereocenters. The molecule has 4 heterocycles. The smallest absolute Gasteiger partial charge is 0.246 e. The molecule has 31 heavy (non-hydrogen) atoms. The number of ether oxygens (including phenoxy) is 1. The van der Waals surface area contributed by atoms with E-state index in [1.54, 1.807) is 13.3 Å². The Hall–Kier alpha value is -3.27. The van der Waals surface area contributed by atoms with E-state index in [4.69, 9.17) is 4.74 Å². The number of aryl methyl sites for hydroxylation is 1. The Labute approximate surface area is 188 Å². The molecule has 0 spiro atoms. The standard InChI is InChI=1S/C21H25N7O2.H2S/c1-13-20-17(27(3)14(2)21(29)26-20)7-18(25-13)22-9-16-10-24-28(12-16)11-15-5-6-19(30-4)23-8-15;/h5-8,10,12,14H,9,11H2,1-4H3,(H,22,25)(H,26,29);1H2/t14-;/m0./s1. The van der Waals surface area contributed by atoms with Gasteiger partial charge in [0.25, 0.3) is 0 Å². The second kappa shape index (κ2) is 9.25. The number of anilines is 3. The molecule has 10 heteroatoms. The minimum absolute atomic E-state index is 0. The van der Waals surface area contributed by atoms with Gasteiger partial charge in [-0.15, -0.1) is 0 Å². The van der Waals surface area contributed by atoms with Crippen LogP contribution in [0.4, 0.5) is 17.2 Å². The average Bonchev–Trinajstić information content (AvgIpc) is 3.19. The van der Waals surface area contributed by atoms with Gasteiger partial charge in [-0.05, 0) is 19.4 Å². The zero-order valence-corrected chi connectivity index (χ0v) is 19.0. The first-order chi connectivity index (χ1) is 14.4. The second-order valence-electron chi connectivity index (χ2n) is 7.37. The number of carbonyl (C=O) groups is 1. The Bertz CT molecular complexity index is 1070. The summed E-state index contributed by atoms with van der Waals surface area (Å²) in [5.41, 5.74) is 4.60. The minimum atomic E-state index is -0.224. The van der Waals surface area contributed by atoms with Crippen LogP contribution in [0.25, 0.3) is 0 Å². The summed E-state index contributed by atoms with van der Waals surface area (Å²) in [5.74, 6) is 1.33. The lowest BCUT2D eigenvalue weighted by Gasteiger charge is -2.34. The molecule has 1 atom stereocenters. The van der Waals surface area contributed by atoms with Crippen LogP contribution < -0.4 is 20.3 Å². The molecule has 1 aliphatic heterocycles. The van der Waals surface area contributed by atoms with Gasteiger partial charge in [-0.2, -0.15) is 18.6 Å². The van der Waals surface area contributed by atoms with Crippen molar-refractivity contribution in [1.29, 1.82) is 0 Å². The van der Waals surface area contributed by atoms with Gasteiger partial charge in [-0.1, -0.05) is 6.07 Å². The van der Waals surface area contributed by atoms with Gasteiger partial charge in [0.05, 0.1) is 36.9 Å². The Morgan fingerprint density at radius 3 is 2.77 bits per heavy atom. The third kappa shape index (κ3) is 4.74. The summed E-state index contributed by atoms with van der Waals surface area (Å²) in [5, 5.41) is 10.7. The Morgan fingerprint density at radius 2 is 2.06 bits per heavy atom. The number of hydrogen-bond acceptors (Lipinski definition) is 7. The van der Waals surface area contributed by atoms with Crippen LogP contribution in [0, 0.1) is 6.92 Å². The number of nitrogens with one attached hydrogen (secondary N) is 2. The highest BCUT2D eigenvalue weighted by Gasteiger charge is 2.28. The Balaban J connectivity index is 0.00000272. The monoisotopic (exact) mass is 441 g/mol. The Kier molecular flexibility index (Phi) is 6.69. The van der Waals surface area contributed by atoms with Crippen molar-refractivity contribution in [3.8, 4) is 5.88 Å². The lowest BCUT2D eigenvalue weighted by molar-refractivity contribution is -0.117. The summed E-state index contributed by atoms with van der Waals surface area (Å²) in [6.45, 7) is 5.01. The number of rotatable bonds is 6. The van der Waals surface area contributed by atoms with Crippen LogP contribution >= 0.6 is 13.5 Å². The van der Waals surface area contributed by atoms with E-state index in [1.165, 1.54) is 0 Å². The van der Waals surface area contributed by atoms with E-state index in [9.17, 15) is 4.79 Å². The van der Waals surface area contributed by atoms with Crippen molar-refractivity contribution < 1.29 is 9.53 Å². The fourth-order valence-corrected chi connectivity index (χ4v) is 3.38. The SMILES string of the molecule is COc1ccc(Cn2cc(CNc3cc4c(c(C)n3)NC(=O)[C@H](C)N4C)cn2)cn1.S. The van der Waals surface area contributed by atoms with Crippen molar-refractivity contribution in [3.05, 3.63) is 53.6 Å². The van der Waals surface area contributed by atoms with Crippen LogP contribution in [-0.2, 0) is 17.9 Å². The molecule has 3 aromatic rings. The van der Waals surface area contributed by atoms with Crippen LogP contribution in [0.5, 0.6) is 5.88 Å². The maximum absolute atomic E-state index is 12.1. The lowest BCUT2D eigenvalue weighted by Crippen LogP contribution is -2.44. The summed E-state index contributed by atoms with van der Waals surface area (Å²) in [7, 11) is 3.52. The zero-order chi connectivity index (χ0) is 21.3. The molecule has 3 aromatic heterocycles. The molecule has 0 bridgehead atoms. The van der Waals surface area contributed by atoms with Gasteiger partial charge in [0.2, 0.25) is 11.8 Å². The first-order valence-corrected chi connectivity index (χ1v) is 9.74. The molecule has 1 aliphatic rings. The first-order valence-electron chi connectivity index (χ1n) is 9.74. The molecule has 164 valence electrons. The van der Waals surface area contributed by atoms with Crippen molar-refractivity contribution in [3.63, 3.8) is 0 Å². The van der Waals surface area contributed by atoms with Crippen LogP contribution in [-0.4, -0.2) is 45.9 Å². The number of aromatic nitrogens is 4. The highest BCUT2D eigenvalue weighted by atomic mass is 32.1. The summed E-state index contributed by atoms with van der Waals surface area (Å²) in [6, 6.07) is 5.55. The van der Waals surface area contributed by atoms with Crippen molar-refractivity contribution in [1.82, 2.24) is 19.7 Å². The number of methoxy groups -OCH3 is 1. The van der Waals surface area contributed by atoms with Crippen LogP contribution in [0.3, 0.4) is 0 Å². The number of amides is 1. The minimum Gasteiger partial charge on any atom is -0.481 e. The molecule has 0 aliphatic carbocycles. The zero-order valence-electron chi connectivity index (χ0n) is 18.0. The van der Waals surface area contributed by atoms with Crippen molar-refractivity contribution in [2.75, 3.05) is 29.7 Å². The summed E-state index contributed by atoms with van der Waals surface area (Å²) < 4.78 is 6.96. The highest BCUT2D eigenvalue weighted by Crippen LogP contribution is 2.34. The number of pyridine rings is 2. The molecule has 4 rings (SSSR count). The molecule has 0 saturated carbocycles. The number of hydrogen-bond donors (Lipinski definition) is 2. The van der Waals surface area contributed by atoms with Crippen LogP contribution in [0.1, 0.15) is 23.7 Å². The molecule has 9 nitrogen and oxygen atoms in total. The van der Waals surface area contributed by atoms with Gasteiger partial charge in [-0.3, -0.25) is 9.48 Å². The van der Waals surface area contributed by atoms with Crippen LogP contribution in [0.15, 0.2) is 36.8 Å². The van der Waals surface area contributed by atoms with Gasteiger partial charge in [0, 0.05) is 43.7 Å². The third-order valence-electron chi connectivity index (χ3n) is 5.28. The maximum Gasteiger partial charge on any atom is 0.246 e. The van der Waals surface area contributed by atoms with Gasteiger partial charge in [-0.25, -0.2) is 9.97 Å². The van der Waals surface area contributed by atoms with E-state index in [0.29, 0.717) is 19.0 Å². The molecule has 1 amide bonds. The number of fused-ring (bicyclic) bond motifs is 1. The quantitative estimate of drug-likeness (QED) is 0.607. The van der Waals surface area contributed by atoms with Gasteiger partial charge in [0.1, 0.15) is 11.9 Å². The van der Waals surface area contributed by atoms with Crippen molar-refractivity contribution >= 4 is 36.6 Å². The molecule has 0 saturated heterocycles. The van der Waals surface area contributed by atoms with E-state index >= 15 is 0 Å². The van der Waals surface area contributed by atoms with E-state index in [2.05, 4.69) is 25.7 Å². The number of carbonyl (C=O) groups excluding carboxylic acids is 1. The molecule has 0 radical (unpaired) electrons. The molecular formula is C21H27N7O2S. The fraction of sp³-hybridized carbons (Fsp3) is 0.333. The average molecular weight is 442 g/mol. The molecule has 2 N–H and O–H groups in total. The maximum atomic E-state index is 12.1. The lowest BCUT2D eigenvalue weighted by atomic mass is 10.1. The second-order valence-corrected chi connectivity index (χ2v) is 7.37. The van der Waals surface area contributed by atoms with Gasteiger partial charge < -0.3 is 20.3 Å². The highest BCUT2D eigenvalue weighted by molar-refractivity contribution is 7.59. The number of nitrogens with zero attached hydrogens (tertiary/aromatic N) is 5. The molecular weight excluding hydrogens is 414 g/mol. The van der Waals surface area contributed by atoms with Crippen molar-refractivity contribution in [2.45, 2.75) is 33.0 Å². The summed E-state index contributed by atoms with van der Waals surface area (Å²) >= 11 is 0. The topological polar surface area (TPSA) is 97.2 Å².